The van der Waals surface area contributed by atoms with Crippen molar-refractivity contribution >= 4 is 164 Å². The van der Waals surface area contributed by atoms with Crippen molar-refractivity contribution in [1.82, 2.24) is 0 Å². The summed E-state index contributed by atoms with van der Waals surface area (Å²) in [6.45, 7) is 0. The van der Waals surface area contributed by atoms with E-state index in [-0.39, 0.29) is 0 Å². The maximum atomic E-state index is 7.97. The van der Waals surface area contributed by atoms with Crippen LogP contribution in [0.2, 0.25) is 40.2 Å². The molecule has 4 aliphatic heterocycles. The van der Waals surface area contributed by atoms with Gasteiger partial charge in [-0.1, -0.05) is 238 Å². The molecule has 80 heavy (non-hydrogen) atoms. The molecule has 4 heterocycles. The van der Waals surface area contributed by atoms with E-state index in [9.17, 15) is 0 Å². The van der Waals surface area contributed by atoms with Crippen molar-refractivity contribution in [3.05, 3.63) is 305 Å². The molecule has 12 heteroatoms. The Balaban J connectivity index is 1.26. The lowest BCUT2D eigenvalue weighted by atomic mass is 10.1. The van der Waals surface area contributed by atoms with Crippen molar-refractivity contribution in [3.8, 4) is 0 Å². The van der Waals surface area contributed by atoms with E-state index in [1.165, 1.54) is 42.4 Å². The molecule has 400 valence electrons. The Kier molecular flexibility index (Phi) is 18.3. The highest BCUT2D eigenvalue weighted by molar-refractivity contribution is 7.93. The number of hydrogen-bond donors (Lipinski definition) is 0. The molecule has 0 spiro atoms. The number of halogens is 8. The summed E-state index contributed by atoms with van der Waals surface area (Å²) in [5, 5.41) is 13.2. The third-order valence-electron chi connectivity index (χ3n) is 16.3. The molecular formula is C68H56Cl8P4+4. The summed E-state index contributed by atoms with van der Waals surface area (Å²) in [5.74, 6) is 0. The lowest BCUT2D eigenvalue weighted by Crippen LogP contribution is -2.34. The summed E-state index contributed by atoms with van der Waals surface area (Å²) in [6, 6.07) is 87.0. The van der Waals surface area contributed by atoms with Crippen molar-refractivity contribution in [2.24, 2.45) is 0 Å². The second-order valence-corrected chi connectivity index (χ2v) is 38.5. The number of hydrogen-bond acceptors (Lipinski definition) is 0. The first-order valence-electron chi connectivity index (χ1n) is 26.5. The Morgan fingerprint density at radius 3 is 0.400 bits per heavy atom. The molecule has 0 radical (unpaired) electrons. The molecule has 14 rings (SSSR count). The molecule has 0 amide bonds. The Morgan fingerprint density at radius 2 is 0.287 bits per heavy atom. The predicted octanol–water partition coefficient (Wildman–Crippen LogP) is 19.3. The molecule has 0 N–H and O–H groups in total. The van der Waals surface area contributed by atoms with E-state index >= 15 is 0 Å². The van der Waals surface area contributed by atoms with Gasteiger partial charge in [0.1, 0.15) is 24.6 Å². The zero-order valence-corrected chi connectivity index (χ0v) is 53.2. The maximum Gasteiger partial charge on any atom is 0.103 e. The van der Waals surface area contributed by atoms with Gasteiger partial charge in [0.25, 0.3) is 0 Å². The Hall–Kier alpha value is -3.76. The Bertz CT molecular complexity index is 3040. The van der Waals surface area contributed by atoms with E-state index in [0.717, 1.165) is 46.9 Å². The molecule has 0 aliphatic carbocycles. The van der Waals surface area contributed by atoms with Crippen LogP contribution in [0.15, 0.2) is 243 Å². The molecule has 0 unspecified atom stereocenters. The SMILES string of the molecule is Clc1c(Cl)c2c(Cl)c(Cl)c1C[P+](c1ccccc1)(c1ccccc1)CC[P+](c1ccccc1)(c1ccccc1)Cc1c(Cl)c(Cl)c(c(Cl)c1Cl)C[P+](c1ccccc1)(c1ccccc1)CC[P+](c1ccccc1)(c1ccccc1)C2. The molecule has 0 saturated heterocycles. The van der Waals surface area contributed by atoms with Crippen molar-refractivity contribution in [1.29, 1.82) is 0 Å². The zero-order valence-electron chi connectivity index (χ0n) is 43.6. The van der Waals surface area contributed by atoms with E-state index in [0.29, 0.717) is 64.8 Å². The molecule has 0 atom stereocenters. The van der Waals surface area contributed by atoms with Crippen LogP contribution in [0.3, 0.4) is 0 Å². The van der Waals surface area contributed by atoms with Crippen molar-refractivity contribution in [2.75, 3.05) is 24.6 Å². The first kappa shape index (κ1) is 58.0. The number of rotatable bonds is 8. The Morgan fingerprint density at radius 1 is 0.175 bits per heavy atom. The predicted molar refractivity (Wildman–Crippen MR) is 364 cm³/mol. The van der Waals surface area contributed by atoms with Gasteiger partial charge in [-0.15, -0.1) is 0 Å². The quantitative estimate of drug-likeness (QED) is 0.105. The first-order valence-corrected chi connectivity index (χ1v) is 38.2. The van der Waals surface area contributed by atoms with Crippen molar-refractivity contribution < 1.29 is 0 Å². The fraction of sp³-hybridized carbons (Fsp3) is 0.118. The summed E-state index contributed by atoms with van der Waals surface area (Å²) in [7, 11) is -10.4. The van der Waals surface area contributed by atoms with Crippen molar-refractivity contribution in [3.63, 3.8) is 0 Å². The van der Waals surface area contributed by atoms with Crippen LogP contribution < -0.4 is 42.4 Å². The smallest absolute Gasteiger partial charge is 0.0822 e. The topological polar surface area (TPSA) is 0 Å². The van der Waals surface area contributed by atoms with Gasteiger partial charge >= 0.3 is 0 Å². The van der Waals surface area contributed by atoms with Gasteiger partial charge in [-0.2, -0.15) is 0 Å². The first-order chi connectivity index (χ1) is 38.9. The van der Waals surface area contributed by atoms with E-state index in [1.807, 2.05) is 0 Å². The monoisotopic (exact) mass is 1280 g/mol. The van der Waals surface area contributed by atoms with Crippen LogP contribution in [0.4, 0.5) is 0 Å². The van der Waals surface area contributed by atoms with Crippen LogP contribution in [-0.4, -0.2) is 24.6 Å². The minimum atomic E-state index is -2.60. The fourth-order valence-corrected chi connectivity index (χ4v) is 35.5. The lowest BCUT2D eigenvalue weighted by Gasteiger charge is -2.35. The largest absolute Gasteiger partial charge is 0.103 e. The summed E-state index contributed by atoms with van der Waals surface area (Å²) >= 11 is 63.7. The van der Waals surface area contributed by atoms with Gasteiger partial charge in [0.2, 0.25) is 0 Å². The maximum absolute atomic E-state index is 7.97. The van der Waals surface area contributed by atoms with Gasteiger partial charge in [-0.3, -0.25) is 0 Å². The standard InChI is InChI=1S/C68H56Cl8P4/c69-61-57-45-77(49-25-9-1-10-26-49,50-27-11-2-12-28-50)41-42-78(51-29-13-3-14-30-51,52-31-15-4-16-32-52)46-58-65(73)67(75)60(68(76)66(58)74)48-80(55-37-21-7-22-38-55,56-39-23-8-24-40-56)44-43-79(53-33-17-5-18-34-53,54-35-19-6-20-36-54)47-59(63(61)71)64(72)62(57)70/h1-40H,41-48H2/q+4. The van der Waals surface area contributed by atoms with Crippen molar-refractivity contribution in [2.45, 2.75) is 24.6 Å². The van der Waals surface area contributed by atoms with E-state index in [2.05, 4.69) is 243 Å². The van der Waals surface area contributed by atoms with Gasteiger partial charge in [-0.25, -0.2) is 0 Å². The minimum Gasteiger partial charge on any atom is -0.0822 e. The average Bonchev–Trinajstić information content (AvgIpc) is 3.59. The van der Waals surface area contributed by atoms with Crippen LogP contribution >= 0.6 is 122 Å². The van der Waals surface area contributed by atoms with E-state index in [1.54, 1.807) is 0 Å². The minimum absolute atomic E-state index is 0.436. The van der Waals surface area contributed by atoms with Crippen LogP contribution in [-0.2, 0) is 24.6 Å². The average molecular weight is 1280 g/mol. The lowest BCUT2D eigenvalue weighted by molar-refractivity contribution is 1.26. The molecule has 10 aromatic carbocycles. The highest BCUT2D eigenvalue weighted by Crippen LogP contribution is 2.71. The summed E-state index contributed by atoms with van der Waals surface area (Å²) in [6.07, 6.45) is 4.96. The van der Waals surface area contributed by atoms with Crippen LogP contribution in [0, 0.1) is 0 Å². The van der Waals surface area contributed by atoms with Crippen LogP contribution in [0.5, 0.6) is 0 Å². The molecule has 4 aliphatic rings. The van der Waals surface area contributed by atoms with Crippen LogP contribution in [0.1, 0.15) is 22.3 Å². The molecule has 10 aromatic rings. The molecule has 0 aromatic heterocycles. The second-order valence-electron chi connectivity index (χ2n) is 20.5. The number of benzene rings is 10. The van der Waals surface area contributed by atoms with Gasteiger partial charge in [0, 0.05) is 22.3 Å². The third-order valence-corrected chi connectivity index (χ3v) is 38.4. The van der Waals surface area contributed by atoms with Crippen LogP contribution in [0.25, 0.3) is 0 Å². The van der Waals surface area contributed by atoms with Gasteiger partial charge < -0.3 is 0 Å². The zero-order chi connectivity index (χ0) is 55.5. The molecular weight excluding hydrogens is 1220 g/mol. The molecule has 0 fully saturated rings. The third kappa shape index (κ3) is 11.0. The van der Waals surface area contributed by atoms with E-state index in [4.69, 9.17) is 92.8 Å². The highest BCUT2D eigenvalue weighted by Gasteiger charge is 2.55. The Labute approximate surface area is 514 Å². The van der Waals surface area contributed by atoms with Gasteiger partial charge in [0.15, 0.2) is 0 Å². The summed E-state index contributed by atoms with van der Waals surface area (Å²) in [4.78, 5) is 0. The van der Waals surface area contributed by atoms with Gasteiger partial charge in [0.05, 0.1) is 136 Å². The second kappa shape index (κ2) is 25.2. The normalized spacial score (nSPS) is 16.0. The fourth-order valence-electron chi connectivity index (χ4n) is 12.1. The molecule has 4 bridgehead atoms. The van der Waals surface area contributed by atoms with Gasteiger partial charge in [-0.05, 0) is 97.1 Å². The summed E-state index contributed by atoms with van der Waals surface area (Å²) < 4.78 is 0. The molecule has 0 nitrogen and oxygen atoms in total. The van der Waals surface area contributed by atoms with E-state index < -0.39 is 29.0 Å². The molecule has 0 saturated carbocycles. The highest BCUT2D eigenvalue weighted by atomic mass is 35.5. The summed E-state index contributed by atoms with van der Waals surface area (Å²) in [5.41, 5.74) is 2.97.